The molecule has 0 atom stereocenters. The fourth-order valence-electron chi connectivity index (χ4n) is 3.31. The molecule has 0 aromatic heterocycles. The summed E-state index contributed by atoms with van der Waals surface area (Å²) in [6.07, 6.45) is 6.55. The zero-order valence-corrected chi connectivity index (χ0v) is 13.3. The van der Waals surface area contributed by atoms with Crippen molar-refractivity contribution in [1.29, 1.82) is 0 Å². The van der Waals surface area contributed by atoms with Crippen molar-refractivity contribution < 1.29 is 19.1 Å². The van der Waals surface area contributed by atoms with E-state index < -0.39 is 0 Å². The molecule has 6 nitrogen and oxygen atoms in total. The van der Waals surface area contributed by atoms with Crippen LogP contribution in [0.4, 0.5) is 0 Å². The van der Waals surface area contributed by atoms with Crippen LogP contribution in [0.2, 0.25) is 0 Å². The second-order valence-electron chi connectivity index (χ2n) is 6.23. The van der Waals surface area contributed by atoms with Crippen molar-refractivity contribution in [3.05, 3.63) is 0 Å². The summed E-state index contributed by atoms with van der Waals surface area (Å²) in [4.78, 5) is 37.3. The number of esters is 1. The molecule has 22 heavy (non-hydrogen) atoms. The van der Waals surface area contributed by atoms with Crippen LogP contribution in [0.25, 0.3) is 0 Å². The van der Waals surface area contributed by atoms with Gasteiger partial charge in [0.25, 0.3) is 0 Å². The van der Waals surface area contributed by atoms with E-state index in [2.05, 4.69) is 5.32 Å². The summed E-state index contributed by atoms with van der Waals surface area (Å²) in [7, 11) is 1.39. The number of carbonyl (C=O) groups is 3. The smallest absolute Gasteiger partial charge is 0.308 e. The van der Waals surface area contributed by atoms with Crippen LogP contribution >= 0.6 is 0 Å². The van der Waals surface area contributed by atoms with E-state index >= 15 is 0 Å². The van der Waals surface area contributed by atoms with Crippen molar-refractivity contribution in [2.24, 2.45) is 11.8 Å². The highest BCUT2D eigenvalue weighted by atomic mass is 16.5. The van der Waals surface area contributed by atoms with E-state index in [9.17, 15) is 14.4 Å². The number of nitrogens with one attached hydrogen (secondary N) is 1. The first kappa shape index (κ1) is 16.8. The summed E-state index contributed by atoms with van der Waals surface area (Å²) in [5.41, 5.74) is 0. The molecule has 1 heterocycles. The minimum absolute atomic E-state index is 0.0116. The van der Waals surface area contributed by atoms with E-state index in [0.29, 0.717) is 25.9 Å². The Morgan fingerprint density at radius 1 is 1.00 bits per heavy atom. The summed E-state index contributed by atoms with van der Waals surface area (Å²) >= 11 is 0. The molecular weight excluding hydrogens is 284 g/mol. The van der Waals surface area contributed by atoms with Crippen LogP contribution in [-0.2, 0) is 19.1 Å². The Morgan fingerprint density at radius 3 is 2.23 bits per heavy atom. The Kier molecular flexibility index (Phi) is 6.21. The van der Waals surface area contributed by atoms with Crippen molar-refractivity contribution in [2.75, 3.05) is 26.7 Å². The average molecular weight is 310 g/mol. The van der Waals surface area contributed by atoms with Gasteiger partial charge in [-0.05, 0) is 25.7 Å². The lowest BCUT2D eigenvalue weighted by atomic mass is 9.89. The van der Waals surface area contributed by atoms with Gasteiger partial charge in [0.1, 0.15) is 0 Å². The molecule has 1 saturated carbocycles. The monoisotopic (exact) mass is 310 g/mol. The van der Waals surface area contributed by atoms with E-state index in [1.54, 1.807) is 4.90 Å². The van der Waals surface area contributed by atoms with Gasteiger partial charge in [-0.1, -0.05) is 19.3 Å². The van der Waals surface area contributed by atoms with Crippen LogP contribution in [0.5, 0.6) is 0 Å². The van der Waals surface area contributed by atoms with Gasteiger partial charge in [-0.3, -0.25) is 14.4 Å². The number of methoxy groups -OCH3 is 1. The number of piperidine rings is 1. The molecule has 0 radical (unpaired) electrons. The lowest BCUT2D eigenvalue weighted by molar-refractivity contribution is -0.148. The SMILES string of the molecule is COC(=O)C1CCN(C(=O)CNC(=O)C2CCCCC2)CC1. The Hall–Kier alpha value is -1.59. The summed E-state index contributed by atoms with van der Waals surface area (Å²) in [6.45, 7) is 1.17. The summed E-state index contributed by atoms with van der Waals surface area (Å²) < 4.78 is 4.73. The highest BCUT2D eigenvalue weighted by Crippen LogP contribution is 2.23. The minimum Gasteiger partial charge on any atom is -0.469 e. The van der Waals surface area contributed by atoms with Gasteiger partial charge in [0.05, 0.1) is 19.6 Å². The maximum absolute atomic E-state index is 12.1. The number of amides is 2. The molecule has 2 rings (SSSR count). The van der Waals surface area contributed by atoms with E-state index in [0.717, 1.165) is 25.7 Å². The first-order chi connectivity index (χ1) is 10.6. The zero-order chi connectivity index (χ0) is 15.9. The van der Waals surface area contributed by atoms with Gasteiger partial charge >= 0.3 is 5.97 Å². The lowest BCUT2D eigenvalue weighted by Gasteiger charge is -2.31. The van der Waals surface area contributed by atoms with Gasteiger partial charge in [-0.25, -0.2) is 0 Å². The summed E-state index contributed by atoms with van der Waals surface area (Å²) in [5.74, 6) is -0.278. The molecule has 0 aromatic carbocycles. The highest BCUT2D eigenvalue weighted by molar-refractivity contribution is 5.86. The molecule has 6 heteroatoms. The van der Waals surface area contributed by atoms with E-state index in [1.807, 2.05) is 0 Å². The normalized spacial score (nSPS) is 20.5. The topological polar surface area (TPSA) is 75.7 Å². The fourth-order valence-corrected chi connectivity index (χ4v) is 3.31. The van der Waals surface area contributed by atoms with Gasteiger partial charge in [0, 0.05) is 19.0 Å². The number of rotatable bonds is 4. The number of hydrogen-bond donors (Lipinski definition) is 1. The molecule has 2 amide bonds. The second kappa shape index (κ2) is 8.15. The third kappa shape index (κ3) is 4.45. The van der Waals surface area contributed by atoms with Crippen LogP contribution in [-0.4, -0.2) is 49.4 Å². The predicted molar refractivity (Wildman–Crippen MR) is 80.9 cm³/mol. The zero-order valence-electron chi connectivity index (χ0n) is 13.3. The number of ether oxygens (including phenoxy) is 1. The molecule has 0 unspecified atom stereocenters. The Bertz CT molecular complexity index is 410. The number of hydrogen-bond acceptors (Lipinski definition) is 4. The summed E-state index contributed by atoms with van der Waals surface area (Å²) in [5, 5.41) is 2.77. The Balaban J connectivity index is 1.69. The molecule has 0 spiro atoms. The second-order valence-corrected chi connectivity index (χ2v) is 6.23. The van der Waals surface area contributed by atoms with Gasteiger partial charge < -0.3 is 15.0 Å². The molecule has 1 N–H and O–H groups in total. The van der Waals surface area contributed by atoms with Crippen LogP contribution in [0.15, 0.2) is 0 Å². The van der Waals surface area contributed by atoms with E-state index in [1.165, 1.54) is 13.5 Å². The van der Waals surface area contributed by atoms with Crippen LogP contribution in [0.3, 0.4) is 0 Å². The van der Waals surface area contributed by atoms with Gasteiger partial charge in [-0.2, -0.15) is 0 Å². The molecule has 0 bridgehead atoms. The fraction of sp³-hybridized carbons (Fsp3) is 0.812. The lowest BCUT2D eigenvalue weighted by Crippen LogP contribution is -2.46. The molecule has 1 aliphatic heterocycles. The van der Waals surface area contributed by atoms with Crippen molar-refractivity contribution >= 4 is 17.8 Å². The van der Waals surface area contributed by atoms with Crippen LogP contribution in [0.1, 0.15) is 44.9 Å². The number of likely N-dealkylation sites (tertiary alicyclic amines) is 1. The predicted octanol–water partition coefficient (Wildman–Crippen LogP) is 1.09. The van der Waals surface area contributed by atoms with Crippen molar-refractivity contribution in [3.8, 4) is 0 Å². The molecule has 124 valence electrons. The Morgan fingerprint density at radius 2 is 1.64 bits per heavy atom. The Labute approximate surface area is 131 Å². The molecule has 1 saturated heterocycles. The van der Waals surface area contributed by atoms with Gasteiger partial charge in [0.2, 0.25) is 11.8 Å². The van der Waals surface area contributed by atoms with Crippen molar-refractivity contribution in [3.63, 3.8) is 0 Å². The average Bonchev–Trinajstić information content (AvgIpc) is 2.59. The highest BCUT2D eigenvalue weighted by Gasteiger charge is 2.28. The molecular formula is C16H26N2O4. The van der Waals surface area contributed by atoms with E-state index in [4.69, 9.17) is 4.74 Å². The third-order valence-electron chi connectivity index (χ3n) is 4.77. The molecule has 0 aromatic rings. The van der Waals surface area contributed by atoms with Crippen LogP contribution in [0, 0.1) is 11.8 Å². The van der Waals surface area contributed by atoms with Gasteiger partial charge in [0.15, 0.2) is 0 Å². The number of nitrogens with zero attached hydrogens (tertiary/aromatic N) is 1. The maximum Gasteiger partial charge on any atom is 0.308 e. The first-order valence-electron chi connectivity index (χ1n) is 8.25. The van der Waals surface area contributed by atoms with Crippen LogP contribution < -0.4 is 5.32 Å². The largest absolute Gasteiger partial charge is 0.469 e. The molecule has 2 fully saturated rings. The quantitative estimate of drug-likeness (QED) is 0.789. The van der Waals surface area contributed by atoms with E-state index in [-0.39, 0.29) is 36.2 Å². The maximum atomic E-state index is 12.1. The molecule has 1 aliphatic carbocycles. The minimum atomic E-state index is -0.197. The van der Waals surface area contributed by atoms with Crippen molar-refractivity contribution in [1.82, 2.24) is 10.2 Å². The standard InChI is InChI=1S/C16H26N2O4/c1-22-16(21)13-7-9-18(10-8-13)14(19)11-17-15(20)12-5-3-2-4-6-12/h12-13H,2-11H2,1H3,(H,17,20). The first-order valence-corrected chi connectivity index (χ1v) is 8.25. The number of carbonyl (C=O) groups excluding carboxylic acids is 3. The molecule has 2 aliphatic rings. The third-order valence-corrected chi connectivity index (χ3v) is 4.77. The summed E-state index contributed by atoms with van der Waals surface area (Å²) in [6, 6.07) is 0. The van der Waals surface area contributed by atoms with Crippen molar-refractivity contribution in [2.45, 2.75) is 44.9 Å². The van der Waals surface area contributed by atoms with Gasteiger partial charge in [-0.15, -0.1) is 0 Å².